The molecule has 1 aliphatic heterocycles. The number of hydrogen-bond acceptors (Lipinski definition) is 7. The first kappa shape index (κ1) is 29.7. The number of likely N-dealkylation sites (tertiary alicyclic amines) is 1. The van der Waals surface area contributed by atoms with Crippen LogP contribution in [0.25, 0.3) is 10.9 Å². The van der Waals surface area contributed by atoms with E-state index in [0.717, 1.165) is 16.5 Å². The molecule has 0 radical (unpaired) electrons. The van der Waals surface area contributed by atoms with Crippen molar-refractivity contribution in [3.63, 3.8) is 0 Å². The number of rotatable bonds is 14. The van der Waals surface area contributed by atoms with Crippen molar-refractivity contribution in [3.05, 3.63) is 54.2 Å². The van der Waals surface area contributed by atoms with E-state index in [1.807, 2.05) is 30.5 Å². The summed E-state index contributed by atoms with van der Waals surface area (Å²) < 4.78 is 0. The standard InChI is InChI=1S/C28H38N8O5/c29-10-4-3-8-22(25(37)35-23(28(40)41)13-18-15-31-16-33-18)34-26(38)24-9-5-11-36(24)27(39)20(30)12-17-14-32-21-7-2-1-6-19(17)21/h1-2,6-7,14-16,20,22-24,32H,3-5,8-13,29-30H2,(H,31,33)(H,34,38)(H,35,37)(H,40,41). The highest BCUT2D eigenvalue weighted by atomic mass is 16.4. The highest BCUT2D eigenvalue weighted by molar-refractivity contribution is 5.94. The van der Waals surface area contributed by atoms with Crippen LogP contribution in [0.4, 0.5) is 0 Å². The van der Waals surface area contributed by atoms with Crippen LogP contribution in [0.15, 0.2) is 43.0 Å². The van der Waals surface area contributed by atoms with Gasteiger partial charge in [-0.2, -0.15) is 0 Å². The number of fused-ring (bicyclic) bond motifs is 1. The molecule has 220 valence electrons. The molecule has 4 atom stereocenters. The van der Waals surface area contributed by atoms with E-state index in [1.165, 1.54) is 17.4 Å². The Morgan fingerprint density at radius 1 is 1.10 bits per heavy atom. The topological polar surface area (TPSA) is 212 Å². The lowest BCUT2D eigenvalue weighted by Crippen LogP contribution is -2.57. The third kappa shape index (κ3) is 7.50. The first-order chi connectivity index (χ1) is 19.8. The second-order valence-electron chi connectivity index (χ2n) is 10.4. The van der Waals surface area contributed by atoms with Gasteiger partial charge in [0.05, 0.1) is 12.4 Å². The Kier molecular flexibility index (Phi) is 10.1. The molecule has 3 amide bonds. The Morgan fingerprint density at radius 3 is 2.63 bits per heavy atom. The van der Waals surface area contributed by atoms with Crippen molar-refractivity contribution >= 4 is 34.6 Å². The quantitative estimate of drug-likeness (QED) is 0.133. The van der Waals surface area contributed by atoms with E-state index in [9.17, 15) is 24.3 Å². The van der Waals surface area contributed by atoms with Gasteiger partial charge in [0.15, 0.2) is 0 Å². The smallest absolute Gasteiger partial charge is 0.326 e. The average Bonchev–Trinajstić information content (AvgIpc) is 3.73. The van der Waals surface area contributed by atoms with Crippen molar-refractivity contribution in [1.29, 1.82) is 0 Å². The monoisotopic (exact) mass is 566 g/mol. The van der Waals surface area contributed by atoms with Gasteiger partial charge in [0.25, 0.3) is 0 Å². The Balaban J connectivity index is 1.41. The number of imidazole rings is 1. The number of hydrogen-bond donors (Lipinski definition) is 7. The molecule has 2 aromatic heterocycles. The minimum absolute atomic E-state index is 0.00373. The summed E-state index contributed by atoms with van der Waals surface area (Å²) in [5, 5.41) is 16.0. The van der Waals surface area contributed by atoms with Gasteiger partial charge in [-0.25, -0.2) is 9.78 Å². The third-order valence-electron chi connectivity index (χ3n) is 7.44. The second kappa shape index (κ2) is 13.9. The van der Waals surface area contributed by atoms with Crippen LogP contribution in [0.2, 0.25) is 0 Å². The van der Waals surface area contributed by atoms with Crippen LogP contribution < -0.4 is 22.1 Å². The highest BCUT2D eigenvalue weighted by Gasteiger charge is 2.38. The zero-order valence-corrected chi connectivity index (χ0v) is 22.8. The van der Waals surface area contributed by atoms with Gasteiger partial charge in [-0.3, -0.25) is 14.4 Å². The Hall–Kier alpha value is -4.23. The minimum Gasteiger partial charge on any atom is -0.480 e. The van der Waals surface area contributed by atoms with E-state index in [2.05, 4.69) is 25.6 Å². The summed E-state index contributed by atoms with van der Waals surface area (Å²) in [4.78, 5) is 63.2. The maximum absolute atomic E-state index is 13.4. The minimum atomic E-state index is -1.22. The number of nitrogens with one attached hydrogen (secondary N) is 4. The van der Waals surface area contributed by atoms with E-state index in [-0.39, 0.29) is 18.7 Å². The molecule has 0 saturated carbocycles. The summed E-state index contributed by atoms with van der Waals surface area (Å²) in [5.41, 5.74) is 14.4. The van der Waals surface area contributed by atoms with Gasteiger partial charge < -0.3 is 42.1 Å². The highest BCUT2D eigenvalue weighted by Crippen LogP contribution is 2.22. The number of unbranched alkanes of at least 4 members (excludes halogenated alkanes) is 1. The Morgan fingerprint density at radius 2 is 1.90 bits per heavy atom. The van der Waals surface area contributed by atoms with Gasteiger partial charge in [0.1, 0.15) is 18.1 Å². The molecule has 1 aromatic carbocycles. The number of aliphatic carboxylic acids is 1. The normalized spacial score (nSPS) is 17.2. The summed E-state index contributed by atoms with van der Waals surface area (Å²) in [5.74, 6) is -2.63. The van der Waals surface area contributed by atoms with Crippen molar-refractivity contribution in [2.45, 2.75) is 69.1 Å². The van der Waals surface area contributed by atoms with Crippen LogP contribution in [-0.2, 0) is 32.0 Å². The number of carboxylic acids is 1. The Bertz CT molecular complexity index is 1340. The number of benzene rings is 1. The fourth-order valence-electron chi connectivity index (χ4n) is 5.26. The number of nitrogens with zero attached hydrogens (tertiary/aromatic N) is 2. The van der Waals surface area contributed by atoms with Gasteiger partial charge in [-0.15, -0.1) is 0 Å². The number of aromatic nitrogens is 3. The molecule has 0 bridgehead atoms. The third-order valence-corrected chi connectivity index (χ3v) is 7.44. The zero-order valence-electron chi connectivity index (χ0n) is 22.8. The fraction of sp³-hybridized carbons (Fsp3) is 0.464. The summed E-state index contributed by atoms with van der Waals surface area (Å²) in [6.45, 7) is 0.799. The fourth-order valence-corrected chi connectivity index (χ4v) is 5.26. The van der Waals surface area contributed by atoms with Crippen LogP contribution in [-0.4, -0.2) is 85.9 Å². The van der Waals surface area contributed by atoms with Crippen LogP contribution >= 0.6 is 0 Å². The number of carboxylic acid groups (broad SMARTS) is 1. The number of carbonyl (C=O) groups excluding carboxylic acids is 3. The maximum Gasteiger partial charge on any atom is 0.326 e. The molecule has 13 heteroatoms. The molecule has 4 rings (SSSR count). The molecule has 3 heterocycles. The molecule has 1 fully saturated rings. The van der Waals surface area contributed by atoms with Gasteiger partial charge in [-0.1, -0.05) is 18.2 Å². The van der Waals surface area contributed by atoms with E-state index in [0.29, 0.717) is 50.9 Å². The van der Waals surface area contributed by atoms with E-state index in [4.69, 9.17) is 11.5 Å². The van der Waals surface area contributed by atoms with Gasteiger partial charge in [-0.05, 0) is 56.7 Å². The lowest BCUT2D eigenvalue weighted by molar-refractivity contribution is -0.143. The van der Waals surface area contributed by atoms with Gasteiger partial charge in [0.2, 0.25) is 17.7 Å². The summed E-state index contributed by atoms with van der Waals surface area (Å²) in [7, 11) is 0. The lowest BCUT2D eigenvalue weighted by atomic mass is 10.0. The predicted octanol–water partition coefficient (Wildman–Crippen LogP) is 0.178. The second-order valence-corrected chi connectivity index (χ2v) is 10.4. The number of nitrogens with two attached hydrogens (primary N) is 2. The van der Waals surface area contributed by atoms with Crippen LogP contribution in [0.3, 0.4) is 0 Å². The van der Waals surface area contributed by atoms with E-state index < -0.39 is 42.0 Å². The van der Waals surface area contributed by atoms with Crippen molar-refractivity contribution < 1.29 is 24.3 Å². The molecule has 4 unspecified atom stereocenters. The maximum atomic E-state index is 13.4. The number of para-hydroxylation sites is 1. The molecule has 41 heavy (non-hydrogen) atoms. The SMILES string of the molecule is NCCCCC(NC(=O)C1CCCN1C(=O)C(N)Cc1c[nH]c2ccccc12)C(=O)NC(Cc1cnc[nH]1)C(=O)O. The molecule has 13 nitrogen and oxygen atoms in total. The molecular formula is C28H38N8O5. The van der Waals surface area contributed by atoms with Crippen molar-refractivity contribution in [2.75, 3.05) is 13.1 Å². The molecule has 1 aliphatic rings. The van der Waals surface area contributed by atoms with Crippen LogP contribution in [0, 0.1) is 0 Å². The number of carbonyl (C=O) groups is 4. The van der Waals surface area contributed by atoms with E-state index in [1.54, 1.807) is 0 Å². The number of H-pyrrole nitrogens is 2. The number of amides is 3. The molecule has 9 N–H and O–H groups in total. The van der Waals surface area contributed by atoms with Crippen molar-refractivity contribution in [2.24, 2.45) is 11.5 Å². The molecule has 3 aromatic rings. The first-order valence-corrected chi connectivity index (χ1v) is 13.9. The average molecular weight is 567 g/mol. The summed E-state index contributed by atoms with van der Waals surface area (Å²) >= 11 is 0. The summed E-state index contributed by atoms with van der Waals surface area (Å²) in [6, 6.07) is 3.93. The van der Waals surface area contributed by atoms with E-state index >= 15 is 0 Å². The van der Waals surface area contributed by atoms with Gasteiger partial charge in [0, 0.05) is 42.0 Å². The molecular weight excluding hydrogens is 528 g/mol. The van der Waals surface area contributed by atoms with Gasteiger partial charge >= 0.3 is 5.97 Å². The molecule has 0 aliphatic carbocycles. The largest absolute Gasteiger partial charge is 0.480 e. The summed E-state index contributed by atoms with van der Waals surface area (Å²) in [6.07, 6.45) is 7.58. The van der Waals surface area contributed by atoms with Crippen LogP contribution in [0.5, 0.6) is 0 Å². The molecule has 1 saturated heterocycles. The number of aromatic amines is 2. The first-order valence-electron chi connectivity index (χ1n) is 13.9. The van der Waals surface area contributed by atoms with Crippen molar-refractivity contribution in [3.8, 4) is 0 Å². The lowest BCUT2D eigenvalue weighted by Gasteiger charge is -2.28. The zero-order chi connectivity index (χ0) is 29.4. The predicted molar refractivity (Wildman–Crippen MR) is 151 cm³/mol. The van der Waals surface area contributed by atoms with Crippen molar-refractivity contribution in [1.82, 2.24) is 30.5 Å². The Labute approximate surface area is 237 Å². The van der Waals surface area contributed by atoms with Crippen LogP contribution in [0.1, 0.15) is 43.4 Å². The molecule has 0 spiro atoms.